The van der Waals surface area contributed by atoms with E-state index in [-0.39, 0.29) is 12.5 Å². The highest BCUT2D eigenvalue weighted by atomic mass is 16.5. The van der Waals surface area contributed by atoms with Crippen LogP contribution in [0.15, 0.2) is 36.4 Å². The molecule has 0 aliphatic rings. The van der Waals surface area contributed by atoms with Crippen molar-refractivity contribution in [3.05, 3.63) is 47.8 Å². The number of methoxy groups -OCH3 is 4. The predicted octanol–water partition coefficient (Wildman–Crippen LogP) is 2.76. The summed E-state index contributed by atoms with van der Waals surface area (Å²) in [5.74, 6) is 3.44. The fraction of sp³-hybridized carbons (Fsp3) is 0.318. The van der Waals surface area contributed by atoms with E-state index in [1.807, 2.05) is 36.4 Å². The lowest BCUT2D eigenvalue weighted by molar-refractivity contribution is -0.121. The number of H-pyrrole nitrogens is 1. The van der Waals surface area contributed by atoms with Crippen LogP contribution in [0.2, 0.25) is 0 Å². The van der Waals surface area contributed by atoms with Crippen LogP contribution in [0.1, 0.15) is 17.8 Å². The number of hydrogen-bond acceptors (Lipinski definition) is 7. The Kier molecular flexibility index (Phi) is 7.31. The summed E-state index contributed by atoms with van der Waals surface area (Å²) >= 11 is 0. The molecule has 1 amide bonds. The van der Waals surface area contributed by atoms with Crippen molar-refractivity contribution in [3.8, 4) is 34.4 Å². The standard InChI is InChI=1S/C22H26N4O5/c1-28-16-8-6-15(7-9-16)22-24-19(25-26-22)13-23-20(27)10-5-14-11-17(29-2)21(31-4)18(12-14)30-3/h6-9,11-12H,5,10,13H2,1-4H3,(H,23,27)(H,24,25,26). The molecule has 0 aliphatic carbocycles. The van der Waals surface area contributed by atoms with Crippen LogP contribution in [-0.2, 0) is 17.8 Å². The van der Waals surface area contributed by atoms with Crippen LogP contribution in [-0.4, -0.2) is 49.5 Å². The fourth-order valence-electron chi connectivity index (χ4n) is 3.05. The fourth-order valence-corrected chi connectivity index (χ4v) is 3.05. The number of ether oxygens (including phenoxy) is 4. The van der Waals surface area contributed by atoms with Gasteiger partial charge < -0.3 is 24.3 Å². The van der Waals surface area contributed by atoms with Crippen molar-refractivity contribution in [2.75, 3.05) is 28.4 Å². The van der Waals surface area contributed by atoms with Crippen molar-refractivity contribution in [2.45, 2.75) is 19.4 Å². The van der Waals surface area contributed by atoms with Gasteiger partial charge in [-0.3, -0.25) is 9.89 Å². The normalized spacial score (nSPS) is 10.5. The average Bonchev–Trinajstić information content (AvgIpc) is 3.29. The third-order valence-electron chi connectivity index (χ3n) is 4.70. The van der Waals surface area contributed by atoms with Crippen molar-refractivity contribution in [3.63, 3.8) is 0 Å². The molecule has 9 nitrogen and oxygen atoms in total. The molecule has 0 fully saturated rings. The van der Waals surface area contributed by atoms with Crippen molar-refractivity contribution in [1.29, 1.82) is 0 Å². The summed E-state index contributed by atoms with van der Waals surface area (Å²) in [5, 5.41) is 9.90. The zero-order valence-electron chi connectivity index (χ0n) is 18.0. The van der Waals surface area contributed by atoms with E-state index in [1.54, 1.807) is 28.4 Å². The molecule has 31 heavy (non-hydrogen) atoms. The highest BCUT2D eigenvalue weighted by molar-refractivity contribution is 5.76. The smallest absolute Gasteiger partial charge is 0.220 e. The first-order chi connectivity index (χ1) is 15.1. The minimum atomic E-state index is -0.101. The second-order valence-electron chi connectivity index (χ2n) is 6.64. The summed E-state index contributed by atoms with van der Waals surface area (Å²) in [6.07, 6.45) is 0.828. The highest BCUT2D eigenvalue weighted by Gasteiger charge is 2.14. The first-order valence-corrected chi connectivity index (χ1v) is 9.69. The number of carbonyl (C=O) groups is 1. The summed E-state index contributed by atoms with van der Waals surface area (Å²) in [6.45, 7) is 0.261. The lowest BCUT2D eigenvalue weighted by atomic mass is 10.1. The number of nitrogens with zero attached hydrogens (tertiary/aromatic N) is 2. The van der Waals surface area contributed by atoms with Crippen LogP contribution in [0, 0.1) is 0 Å². The third kappa shape index (κ3) is 5.44. The summed E-state index contributed by atoms with van der Waals surface area (Å²) in [5.41, 5.74) is 1.77. The number of carbonyl (C=O) groups excluding carboxylic acids is 1. The predicted molar refractivity (Wildman–Crippen MR) is 115 cm³/mol. The Bertz CT molecular complexity index is 992. The Morgan fingerprint density at radius 3 is 2.23 bits per heavy atom. The maximum absolute atomic E-state index is 12.3. The molecule has 2 N–H and O–H groups in total. The zero-order valence-corrected chi connectivity index (χ0v) is 18.0. The van der Waals surface area contributed by atoms with Gasteiger partial charge in [-0.2, -0.15) is 5.10 Å². The lowest BCUT2D eigenvalue weighted by Gasteiger charge is -2.14. The second kappa shape index (κ2) is 10.3. The van der Waals surface area contributed by atoms with Crippen molar-refractivity contribution in [2.24, 2.45) is 0 Å². The number of rotatable bonds is 10. The van der Waals surface area contributed by atoms with Crippen molar-refractivity contribution in [1.82, 2.24) is 20.5 Å². The van der Waals surface area contributed by atoms with Gasteiger partial charge in [0.25, 0.3) is 0 Å². The third-order valence-corrected chi connectivity index (χ3v) is 4.70. The zero-order chi connectivity index (χ0) is 22.2. The van der Waals surface area contributed by atoms with Gasteiger partial charge in [0.05, 0.1) is 35.0 Å². The Morgan fingerprint density at radius 2 is 1.65 bits per heavy atom. The molecule has 0 atom stereocenters. The van der Waals surface area contributed by atoms with Crippen molar-refractivity contribution >= 4 is 5.91 Å². The second-order valence-corrected chi connectivity index (χ2v) is 6.64. The van der Waals surface area contributed by atoms with E-state index >= 15 is 0 Å². The number of aromatic amines is 1. The van der Waals surface area contributed by atoms with Crippen LogP contribution in [0.4, 0.5) is 0 Å². The van der Waals surface area contributed by atoms with Gasteiger partial charge in [-0.05, 0) is 48.4 Å². The van der Waals surface area contributed by atoms with Gasteiger partial charge in [0.2, 0.25) is 11.7 Å². The molecule has 0 radical (unpaired) electrons. The molecular weight excluding hydrogens is 400 g/mol. The Labute approximate surface area is 180 Å². The van der Waals surface area contributed by atoms with E-state index in [9.17, 15) is 4.79 Å². The van der Waals surface area contributed by atoms with Gasteiger partial charge in [0.1, 0.15) is 11.6 Å². The largest absolute Gasteiger partial charge is 0.497 e. The van der Waals surface area contributed by atoms with Crippen LogP contribution < -0.4 is 24.3 Å². The minimum Gasteiger partial charge on any atom is -0.497 e. The molecule has 0 saturated carbocycles. The van der Waals surface area contributed by atoms with Gasteiger partial charge in [-0.1, -0.05) is 0 Å². The average molecular weight is 426 g/mol. The van der Waals surface area contributed by atoms with E-state index in [0.29, 0.717) is 41.7 Å². The van der Waals surface area contributed by atoms with Crippen LogP contribution in [0.3, 0.4) is 0 Å². The monoisotopic (exact) mass is 426 g/mol. The summed E-state index contributed by atoms with van der Waals surface area (Å²) in [7, 11) is 6.29. The summed E-state index contributed by atoms with van der Waals surface area (Å²) in [6, 6.07) is 11.1. The van der Waals surface area contributed by atoms with Crippen LogP contribution >= 0.6 is 0 Å². The minimum absolute atomic E-state index is 0.101. The molecule has 0 saturated heterocycles. The van der Waals surface area contributed by atoms with E-state index in [4.69, 9.17) is 18.9 Å². The number of benzene rings is 2. The Hall–Kier alpha value is -3.75. The van der Waals surface area contributed by atoms with E-state index in [2.05, 4.69) is 20.5 Å². The maximum atomic E-state index is 12.3. The number of amides is 1. The van der Waals surface area contributed by atoms with Gasteiger partial charge in [0, 0.05) is 12.0 Å². The molecule has 1 aromatic heterocycles. The Balaban J connectivity index is 1.54. The topological polar surface area (TPSA) is 108 Å². The summed E-state index contributed by atoms with van der Waals surface area (Å²) < 4.78 is 21.2. The highest BCUT2D eigenvalue weighted by Crippen LogP contribution is 2.38. The Morgan fingerprint density at radius 1 is 0.968 bits per heavy atom. The van der Waals surface area contributed by atoms with Crippen LogP contribution in [0.25, 0.3) is 11.4 Å². The van der Waals surface area contributed by atoms with Gasteiger partial charge in [-0.15, -0.1) is 0 Å². The van der Waals surface area contributed by atoms with Gasteiger partial charge in [-0.25, -0.2) is 4.98 Å². The molecule has 0 bridgehead atoms. The van der Waals surface area contributed by atoms with Gasteiger partial charge >= 0.3 is 0 Å². The van der Waals surface area contributed by atoms with E-state index in [0.717, 1.165) is 16.9 Å². The molecule has 0 spiro atoms. The van der Waals surface area contributed by atoms with E-state index in [1.165, 1.54) is 0 Å². The molecular formula is C22H26N4O5. The molecule has 9 heteroatoms. The molecule has 2 aromatic carbocycles. The lowest BCUT2D eigenvalue weighted by Crippen LogP contribution is -2.23. The molecule has 3 aromatic rings. The van der Waals surface area contributed by atoms with E-state index < -0.39 is 0 Å². The molecule has 0 unspecified atom stereocenters. The SMILES string of the molecule is COc1ccc(-c2n[nH]c(CNC(=O)CCc3cc(OC)c(OC)c(OC)c3)n2)cc1. The summed E-state index contributed by atoms with van der Waals surface area (Å²) in [4.78, 5) is 16.7. The quantitative estimate of drug-likeness (QED) is 0.513. The number of nitrogens with one attached hydrogen (secondary N) is 2. The molecule has 3 rings (SSSR count). The number of aromatic nitrogens is 3. The van der Waals surface area contributed by atoms with Crippen LogP contribution in [0.5, 0.6) is 23.0 Å². The molecule has 164 valence electrons. The van der Waals surface area contributed by atoms with Gasteiger partial charge in [0.15, 0.2) is 17.3 Å². The molecule has 1 heterocycles. The number of aryl methyl sites for hydroxylation is 1. The maximum Gasteiger partial charge on any atom is 0.220 e. The molecule has 0 aliphatic heterocycles. The first kappa shape index (κ1) is 21.9. The number of hydrogen-bond donors (Lipinski definition) is 2. The first-order valence-electron chi connectivity index (χ1n) is 9.69. The van der Waals surface area contributed by atoms with Crippen molar-refractivity contribution < 1.29 is 23.7 Å².